The molecule has 2 aliphatic rings. The minimum atomic E-state index is 0.167. The van der Waals surface area contributed by atoms with Crippen LogP contribution in [0.25, 0.3) is 11.1 Å². The molecule has 26 heavy (non-hydrogen) atoms. The van der Waals surface area contributed by atoms with Gasteiger partial charge < -0.3 is 19.3 Å². The Kier molecular flexibility index (Phi) is 4.49. The Morgan fingerprint density at radius 3 is 2.65 bits per heavy atom. The SMILES string of the molecule is COc1cc2c(cc1O)CC1c3c(cc(OCBr)c(OC)c3-2)CCN1C. The van der Waals surface area contributed by atoms with E-state index in [1.54, 1.807) is 14.2 Å². The number of hydrogen-bond donors (Lipinski definition) is 1. The molecule has 5 nitrogen and oxygen atoms in total. The van der Waals surface area contributed by atoms with Gasteiger partial charge in [-0.25, -0.2) is 0 Å². The fourth-order valence-corrected chi connectivity index (χ4v) is 4.49. The number of likely N-dealkylation sites (N-methyl/N-ethyl adjacent to an activating group) is 1. The molecule has 0 saturated heterocycles. The Bertz CT molecular complexity index is 868. The van der Waals surface area contributed by atoms with Crippen LogP contribution in [0.4, 0.5) is 0 Å². The number of ether oxygens (including phenoxy) is 3. The maximum absolute atomic E-state index is 10.3. The van der Waals surface area contributed by atoms with Crippen molar-refractivity contribution in [1.29, 1.82) is 0 Å². The first kappa shape index (κ1) is 17.5. The van der Waals surface area contributed by atoms with E-state index in [-0.39, 0.29) is 11.8 Å². The highest BCUT2D eigenvalue weighted by Gasteiger charge is 2.36. The summed E-state index contributed by atoms with van der Waals surface area (Å²) in [5.74, 6) is 2.10. The maximum Gasteiger partial charge on any atom is 0.168 e. The van der Waals surface area contributed by atoms with Crippen molar-refractivity contribution in [2.45, 2.75) is 18.9 Å². The van der Waals surface area contributed by atoms with Crippen LogP contribution < -0.4 is 14.2 Å². The normalized spacial score (nSPS) is 18.1. The third-order valence-electron chi connectivity index (χ3n) is 5.47. The highest BCUT2D eigenvalue weighted by Crippen LogP contribution is 2.53. The standard InChI is InChI=1S/C20H22BrNO4/c1-22-5-4-11-8-17(26-10-21)20(25-3)19-13-9-16(24-2)15(23)7-12(13)6-14(22)18(11)19/h7-9,14,23H,4-6,10H2,1-3H3. The zero-order valence-electron chi connectivity index (χ0n) is 15.1. The average molecular weight is 420 g/mol. The molecule has 1 atom stereocenters. The van der Waals surface area contributed by atoms with E-state index in [1.165, 1.54) is 11.1 Å². The Morgan fingerprint density at radius 1 is 1.15 bits per heavy atom. The summed E-state index contributed by atoms with van der Waals surface area (Å²) in [6.07, 6.45) is 1.83. The predicted octanol–water partition coefficient (Wildman–Crippen LogP) is 3.89. The van der Waals surface area contributed by atoms with Crippen LogP contribution in [-0.4, -0.2) is 43.3 Å². The van der Waals surface area contributed by atoms with Crippen molar-refractivity contribution in [3.63, 3.8) is 0 Å². The Hall–Kier alpha value is -1.92. The fraction of sp³-hybridized carbons (Fsp3) is 0.400. The minimum absolute atomic E-state index is 0.167. The van der Waals surface area contributed by atoms with Crippen LogP contribution in [0.15, 0.2) is 18.2 Å². The molecule has 0 spiro atoms. The molecule has 0 amide bonds. The third kappa shape index (κ3) is 2.55. The lowest BCUT2D eigenvalue weighted by molar-refractivity contribution is 0.226. The van der Waals surface area contributed by atoms with E-state index in [1.807, 2.05) is 12.1 Å². The summed E-state index contributed by atoms with van der Waals surface area (Å²) in [5.41, 5.74) is 6.19. The smallest absolute Gasteiger partial charge is 0.168 e. The molecule has 1 aliphatic heterocycles. The van der Waals surface area contributed by atoms with Gasteiger partial charge in [-0.3, -0.25) is 4.90 Å². The third-order valence-corrected chi connectivity index (χ3v) is 5.70. The van der Waals surface area contributed by atoms with Crippen LogP contribution in [0.5, 0.6) is 23.0 Å². The lowest BCUT2D eigenvalue weighted by atomic mass is 9.76. The number of rotatable bonds is 4. The predicted molar refractivity (Wildman–Crippen MR) is 104 cm³/mol. The van der Waals surface area contributed by atoms with Crippen LogP contribution in [0.1, 0.15) is 22.7 Å². The summed E-state index contributed by atoms with van der Waals surface area (Å²) >= 11 is 3.35. The molecule has 1 N–H and O–H groups in total. The summed E-state index contributed by atoms with van der Waals surface area (Å²) in [6.45, 7) is 0.995. The van der Waals surface area contributed by atoms with E-state index in [0.717, 1.165) is 47.6 Å². The number of aromatic hydroxyl groups is 1. The Morgan fingerprint density at radius 2 is 1.96 bits per heavy atom. The van der Waals surface area contributed by atoms with Gasteiger partial charge in [0, 0.05) is 18.2 Å². The first-order chi connectivity index (χ1) is 12.6. The molecular weight excluding hydrogens is 398 g/mol. The number of phenols is 1. The number of halogens is 1. The average Bonchev–Trinajstić information content (AvgIpc) is 2.64. The zero-order valence-corrected chi connectivity index (χ0v) is 16.7. The number of benzene rings is 2. The van der Waals surface area contributed by atoms with E-state index < -0.39 is 0 Å². The van der Waals surface area contributed by atoms with Crippen LogP contribution >= 0.6 is 15.9 Å². The molecule has 6 heteroatoms. The monoisotopic (exact) mass is 419 g/mol. The number of alkyl halides is 1. The van der Waals surface area contributed by atoms with Crippen molar-refractivity contribution in [3.05, 3.63) is 34.9 Å². The molecule has 0 fully saturated rings. The zero-order chi connectivity index (χ0) is 18.4. The quantitative estimate of drug-likeness (QED) is 0.761. The van der Waals surface area contributed by atoms with Gasteiger partial charge in [0.25, 0.3) is 0 Å². The van der Waals surface area contributed by atoms with Crippen LogP contribution in [0, 0.1) is 0 Å². The lowest BCUT2D eigenvalue weighted by Gasteiger charge is -2.40. The van der Waals surface area contributed by atoms with Crippen molar-refractivity contribution in [3.8, 4) is 34.1 Å². The van der Waals surface area contributed by atoms with Gasteiger partial charge in [-0.1, -0.05) is 0 Å². The van der Waals surface area contributed by atoms with Gasteiger partial charge in [-0.15, -0.1) is 0 Å². The van der Waals surface area contributed by atoms with E-state index in [0.29, 0.717) is 11.3 Å². The van der Waals surface area contributed by atoms with Gasteiger partial charge >= 0.3 is 0 Å². The first-order valence-corrected chi connectivity index (χ1v) is 9.74. The Balaban J connectivity index is 2.05. The summed E-state index contributed by atoms with van der Waals surface area (Å²) in [7, 11) is 5.39. The molecule has 1 heterocycles. The van der Waals surface area contributed by atoms with Gasteiger partial charge in [0.15, 0.2) is 23.0 Å². The summed E-state index contributed by atoms with van der Waals surface area (Å²) in [5, 5.41) is 10.3. The second-order valence-electron chi connectivity index (χ2n) is 6.74. The highest BCUT2D eigenvalue weighted by atomic mass is 79.9. The van der Waals surface area contributed by atoms with Gasteiger partial charge in [0.1, 0.15) is 5.52 Å². The van der Waals surface area contributed by atoms with Crippen molar-refractivity contribution < 1.29 is 19.3 Å². The lowest BCUT2D eigenvalue weighted by Crippen LogP contribution is -2.35. The number of hydrogen-bond acceptors (Lipinski definition) is 5. The second kappa shape index (κ2) is 6.67. The van der Waals surface area contributed by atoms with Gasteiger partial charge in [-0.05, 0) is 76.3 Å². The molecule has 1 aliphatic carbocycles. The van der Waals surface area contributed by atoms with Crippen LogP contribution in [0.3, 0.4) is 0 Å². The highest BCUT2D eigenvalue weighted by molar-refractivity contribution is 9.09. The second-order valence-corrected chi connectivity index (χ2v) is 7.20. The number of methoxy groups -OCH3 is 2. The molecular formula is C20H22BrNO4. The molecule has 1 unspecified atom stereocenters. The van der Waals surface area contributed by atoms with Crippen molar-refractivity contribution in [2.75, 3.05) is 33.3 Å². The molecule has 0 aromatic heterocycles. The molecule has 2 aromatic rings. The molecule has 2 aromatic carbocycles. The van der Waals surface area contributed by atoms with Gasteiger partial charge in [0.05, 0.1) is 14.2 Å². The molecule has 0 bridgehead atoms. The Labute approximate surface area is 161 Å². The van der Waals surface area contributed by atoms with Crippen LogP contribution in [0.2, 0.25) is 0 Å². The van der Waals surface area contributed by atoms with Gasteiger partial charge in [-0.2, -0.15) is 0 Å². The van der Waals surface area contributed by atoms with Crippen molar-refractivity contribution in [1.82, 2.24) is 4.90 Å². The number of fused-ring (bicyclic) bond motifs is 2. The van der Waals surface area contributed by atoms with Crippen molar-refractivity contribution in [2.24, 2.45) is 0 Å². The van der Waals surface area contributed by atoms with Crippen LogP contribution in [-0.2, 0) is 12.8 Å². The molecule has 0 saturated carbocycles. The number of phenolic OH excluding ortho intramolecular Hbond substituents is 1. The molecule has 4 rings (SSSR count). The van der Waals surface area contributed by atoms with E-state index in [9.17, 15) is 5.11 Å². The summed E-state index contributed by atoms with van der Waals surface area (Å²) < 4.78 is 17.0. The van der Waals surface area contributed by atoms with E-state index in [4.69, 9.17) is 14.2 Å². The first-order valence-electron chi connectivity index (χ1n) is 8.62. The molecule has 138 valence electrons. The van der Waals surface area contributed by atoms with Crippen molar-refractivity contribution >= 4 is 15.9 Å². The maximum atomic E-state index is 10.3. The van der Waals surface area contributed by atoms with E-state index in [2.05, 4.69) is 33.9 Å². The topological polar surface area (TPSA) is 51.2 Å². The fourth-order valence-electron chi connectivity index (χ4n) is 4.25. The number of nitrogens with zero attached hydrogens (tertiary/aromatic N) is 1. The summed E-state index contributed by atoms with van der Waals surface area (Å²) in [4.78, 5) is 2.38. The van der Waals surface area contributed by atoms with E-state index >= 15 is 0 Å². The largest absolute Gasteiger partial charge is 0.504 e. The molecule has 0 radical (unpaired) electrons. The minimum Gasteiger partial charge on any atom is -0.504 e. The van der Waals surface area contributed by atoms with Gasteiger partial charge in [0.2, 0.25) is 0 Å². The summed E-state index contributed by atoms with van der Waals surface area (Å²) in [6, 6.07) is 6.10.